The Balaban J connectivity index is 1.54. The Kier molecular flexibility index (Phi) is 4.33. The molecule has 0 bridgehead atoms. The minimum Gasteiger partial charge on any atom is -0.354 e. The monoisotopic (exact) mass is 308 g/mol. The second-order valence-corrected chi connectivity index (χ2v) is 5.34. The van der Waals surface area contributed by atoms with Crippen LogP contribution in [0.5, 0.6) is 0 Å². The van der Waals surface area contributed by atoms with Crippen LogP contribution in [0.2, 0.25) is 5.02 Å². The first-order valence-electron chi connectivity index (χ1n) is 6.85. The molecule has 0 atom stereocenters. The summed E-state index contributed by atoms with van der Waals surface area (Å²) in [5, 5.41) is 4.58. The minimum atomic E-state index is 0.281. The number of pyridine rings is 1. The number of hydrogen-bond donors (Lipinski definition) is 1. The highest BCUT2D eigenvalue weighted by Crippen LogP contribution is 2.16. The summed E-state index contributed by atoms with van der Waals surface area (Å²) in [7, 11) is 0. The Morgan fingerprint density at radius 2 is 2.05 bits per heavy atom. The lowest BCUT2D eigenvalue weighted by Gasteiger charge is -2.34. The van der Waals surface area contributed by atoms with Crippen molar-refractivity contribution in [2.24, 2.45) is 5.73 Å². The van der Waals surface area contributed by atoms with Crippen molar-refractivity contribution in [3.8, 4) is 0 Å². The van der Waals surface area contributed by atoms with E-state index in [2.05, 4.69) is 24.9 Å². The number of halogens is 1. The van der Waals surface area contributed by atoms with Gasteiger partial charge in [-0.15, -0.1) is 0 Å². The molecule has 1 aliphatic rings. The van der Waals surface area contributed by atoms with E-state index in [0.29, 0.717) is 23.3 Å². The van der Waals surface area contributed by atoms with Gasteiger partial charge in [-0.25, -0.2) is 4.98 Å². The van der Waals surface area contributed by atoms with Gasteiger partial charge in [-0.05, 0) is 12.1 Å². The largest absolute Gasteiger partial charge is 0.354 e. The van der Waals surface area contributed by atoms with Gasteiger partial charge in [-0.3, -0.25) is 4.90 Å². The van der Waals surface area contributed by atoms with Crippen molar-refractivity contribution in [3.05, 3.63) is 35.1 Å². The smallest absolute Gasteiger partial charge is 0.240 e. The highest BCUT2D eigenvalue weighted by atomic mass is 35.5. The van der Waals surface area contributed by atoms with E-state index >= 15 is 0 Å². The van der Waals surface area contributed by atoms with E-state index in [1.165, 1.54) is 0 Å². The molecule has 112 valence electrons. The van der Waals surface area contributed by atoms with Crippen LogP contribution in [0.1, 0.15) is 11.7 Å². The molecule has 2 aromatic rings. The van der Waals surface area contributed by atoms with Gasteiger partial charge in [0.15, 0.2) is 5.82 Å². The summed E-state index contributed by atoms with van der Waals surface area (Å²) in [4.78, 5) is 13.1. The molecule has 3 heterocycles. The van der Waals surface area contributed by atoms with Crippen molar-refractivity contribution < 1.29 is 4.52 Å². The van der Waals surface area contributed by atoms with Crippen LogP contribution in [0.3, 0.4) is 0 Å². The highest BCUT2D eigenvalue weighted by Gasteiger charge is 2.19. The Morgan fingerprint density at radius 3 is 2.67 bits per heavy atom. The number of aromatic nitrogens is 3. The van der Waals surface area contributed by atoms with Crippen molar-refractivity contribution in [2.75, 3.05) is 31.1 Å². The molecule has 7 nitrogen and oxygen atoms in total. The van der Waals surface area contributed by atoms with Crippen LogP contribution in [0.15, 0.2) is 22.9 Å². The SMILES string of the molecule is NCc1nc(CN2CCN(c3ccc(Cl)cn3)CC2)no1. The van der Waals surface area contributed by atoms with Crippen molar-refractivity contribution in [1.82, 2.24) is 20.0 Å². The maximum absolute atomic E-state index is 5.86. The molecule has 0 aliphatic carbocycles. The van der Waals surface area contributed by atoms with E-state index in [9.17, 15) is 0 Å². The van der Waals surface area contributed by atoms with Crippen LogP contribution in [-0.2, 0) is 13.1 Å². The van der Waals surface area contributed by atoms with Gasteiger partial charge in [0.2, 0.25) is 5.89 Å². The van der Waals surface area contributed by atoms with Crippen molar-refractivity contribution in [1.29, 1.82) is 0 Å². The standard InChI is InChI=1S/C13H17ClN6O/c14-10-1-2-12(16-8-10)20-5-3-19(4-6-20)9-11-17-13(7-15)21-18-11/h1-2,8H,3-7,9,15H2. The Morgan fingerprint density at radius 1 is 1.24 bits per heavy atom. The molecular formula is C13H17ClN6O. The van der Waals surface area contributed by atoms with Crippen LogP contribution in [0.4, 0.5) is 5.82 Å². The highest BCUT2D eigenvalue weighted by molar-refractivity contribution is 6.30. The maximum Gasteiger partial charge on any atom is 0.240 e. The van der Waals surface area contributed by atoms with E-state index in [-0.39, 0.29) is 6.54 Å². The summed E-state index contributed by atoms with van der Waals surface area (Å²) in [6.07, 6.45) is 1.68. The number of nitrogens with two attached hydrogens (primary N) is 1. The molecule has 1 aliphatic heterocycles. The van der Waals surface area contributed by atoms with Gasteiger partial charge in [-0.1, -0.05) is 16.8 Å². The zero-order valence-electron chi connectivity index (χ0n) is 11.6. The van der Waals surface area contributed by atoms with E-state index in [1.807, 2.05) is 12.1 Å². The van der Waals surface area contributed by atoms with Gasteiger partial charge in [0.25, 0.3) is 0 Å². The first kappa shape index (κ1) is 14.2. The summed E-state index contributed by atoms with van der Waals surface area (Å²) < 4.78 is 5.01. The molecular weight excluding hydrogens is 292 g/mol. The third-order valence-electron chi connectivity index (χ3n) is 3.46. The van der Waals surface area contributed by atoms with Gasteiger partial charge in [0.05, 0.1) is 18.1 Å². The summed E-state index contributed by atoms with van der Waals surface area (Å²) in [6, 6.07) is 3.81. The second-order valence-electron chi connectivity index (χ2n) is 4.91. The average molecular weight is 309 g/mol. The Labute approximate surface area is 127 Å². The van der Waals surface area contributed by atoms with E-state index in [1.54, 1.807) is 6.20 Å². The molecule has 2 aromatic heterocycles. The summed E-state index contributed by atoms with van der Waals surface area (Å²) in [6.45, 7) is 4.65. The molecule has 1 fully saturated rings. The lowest BCUT2D eigenvalue weighted by molar-refractivity contribution is 0.239. The van der Waals surface area contributed by atoms with Crippen LogP contribution < -0.4 is 10.6 Å². The topological polar surface area (TPSA) is 84.3 Å². The average Bonchev–Trinajstić information content (AvgIpc) is 2.97. The summed E-state index contributed by atoms with van der Waals surface area (Å²) in [5.74, 6) is 2.13. The van der Waals surface area contributed by atoms with Gasteiger partial charge in [-0.2, -0.15) is 4.98 Å². The summed E-state index contributed by atoms with van der Waals surface area (Å²) in [5.41, 5.74) is 5.46. The van der Waals surface area contributed by atoms with E-state index in [4.69, 9.17) is 21.9 Å². The number of piperazine rings is 1. The predicted octanol–water partition coefficient (Wildman–Crippen LogP) is 0.899. The molecule has 21 heavy (non-hydrogen) atoms. The fraction of sp³-hybridized carbons (Fsp3) is 0.462. The molecule has 8 heteroatoms. The summed E-state index contributed by atoms with van der Waals surface area (Å²) >= 11 is 5.86. The zero-order valence-corrected chi connectivity index (χ0v) is 12.3. The van der Waals surface area contributed by atoms with Crippen molar-refractivity contribution in [3.63, 3.8) is 0 Å². The fourth-order valence-electron chi connectivity index (χ4n) is 2.33. The third-order valence-corrected chi connectivity index (χ3v) is 3.68. The van der Waals surface area contributed by atoms with Crippen LogP contribution in [-0.4, -0.2) is 46.2 Å². The van der Waals surface area contributed by atoms with Crippen molar-refractivity contribution in [2.45, 2.75) is 13.1 Å². The Bertz CT molecular complexity index is 579. The molecule has 0 radical (unpaired) electrons. The first-order valence-corrected chi connectivity index (χ1v) is 7.23. The van der Waals surface area contributed by atoms with E-state index in [0.717, 1.165) is 32.0 Å². The quantitative estimate of drug-likeness (QED) is 0.898. The fourth-order valence-corrected chi connectivity index (χ4v) is 2.44. The van der Waals surface area contributed by atoms with Crippen LogP contribution in [0, 0.1) is 0 Å². The predicted molar refractivity (Wildman–Crippen MR) is 78.9 cm³/mol. The molecule has 0 spiro atoms. The minimum absolute atomic E-state index is 0.281. The number of rotatable bonds is 4. The molecule has 0 amide bonds. The van der Waals surface area contributed by atoms with Crippen LogP contribution >= 0.6 is 11.6 Å². The maximum atomic E-state index is 5.86. The van der Waals surface area contributed by atoms with Gasteiger partial charge in [0.1, 0.15) is 5.82 Å². The van der Waals surface area contributed by atoms with E-state index < -0.39 is 0 Å². The molecule has 0 aromatic carbocycles. The molecule has 2 N–H and O–H groups in total. The van der Waals surface area contributed by atoms with Crippen LogP contribution in [0.25, 0.3) is 0 Å². The molecule has 0 unspecified atom stereocenters. The molecule has 0 saturated carbocycles. The lowest BCUT2D eigenvalue weighted by atomic mass is 10.3. The van der Waals surface area contributed by atoms with Gasteiger partial charge >= 0.3 is 0 Å². The number of nitrogens with zero attached hydrogens (tertiary/aromatic N) is 5. The first-order chi connectivity index (χ1) is 10.2. The van der Waals surface area contributed by atoms with Crippen molar-refractivity contribution >= 4 is 17.4 Å². The number of hydrogen-bond acceptors (Lipinski definition) is 7. The molecule has 1 saturated heterocycles. The third kappa shape index (κ3) is 3.49. The normalized spacial score (nSPS) is 16.4. The Hall–Kier alpha value is -1.70. The molecule has 3 rings (SSSR count). The van der Waals surface area contributed by atoms with Gasteiger partial charge in [0, 0.05) is 32.4 Å². The number of anilines is 1. The van der Waals surface area contributed by atoms with Gasteiger partial charge < -0.3 is 15.2 Å². The second kappa shape index (κ2) is 6.38. The zero-order chi connectivity index (χ0) is 14.7. The lowest BCUT2D eigenvalue weighted by Crippen LogP contribution is -2.46.